The van der Waals surface area contributed by atoms with E-state index in [9.17, 15) is 14.9 Å². The summed E-state index contributed by atoms with van der Waals surface area (Å²) in [6.45, 7) is 6.72. The molecule has 2 aliphatic rings. The van der Waals surface area contributed by atoms with Crippen molar-refractivity contribution in [3.63, 3.8) is 0 Å². The van der Waals surface area contributed by atoms with E-state index in [2.05, 4.69) is 10.6 Å². The first-order valence-electron chi connectivity index (χ1n) is 13.0. The van der Waals surface area contributed by atoms with Crippen molar-refractivity contribution >= 4 is 17.9 Å². The molecule has 7 heteroatoms. The van der Waals surface area contributed by atoms with Crippen molar-refractivity contribution in [2.45, 2.75) is 52.4 Å². The minimum Gasteiger partial charge on any atom is -0.497 e. The second-order valence-electron chi connectivity index (χ2n) is 9.84. The van der Waals surface area contributed by atoms with E-state index >= 15 is 0 Å². The smallest absolute Gasteiger partial charge is 0.264 e. The van der Waals surface area contributed by atoms with Crippen molar-refractivity contribution < 1.29 is 14.3 Å². The second kappa shape index (κ2) is 11.5. The molecule has 0 atom stereocenters. The minimum absolute atomic E-state index is 0.0231. The molecule has 0 radical (unpaired) electrons. The van der Waals surface area contributed by atoms with Crippen molar-refractivity contribution in [3.05, 3.63) is 52.9 Å². The van der Waals surface area contributed by atoms with Gasteiger partial charge in [-0.2, -0.15) is 5.26 Å². The number of aryl methyl sites for hydroxylation is 1. The number of likely N-dealkylation sites (tertiary alicyclic amines) is 2. The lowest BCUT2D eigenvalue weighted by Gasteiger charge is -2.34. The predicted molar refractivity (Wildman–Crippen MR) is 140 cm³/mol. The minimum atomic E-state index is -0.257. The largest absolute Gasteiger partial charge is 0.497 e. The van der Waals surface area contributed by atoms with Crippen LogP contribution in [0.4, 0.5) is 0 Å². The zero-order chi connectivity index (χ0) is 25.7. The van der Waals surface area contributed by atoms with E-state index < -0.39 is 0 Å². The van der Waals surface area contributed by atoms with Gasteiger partial charge in [0, 0.05) is 49.2 Å². The molecular weight excluding hydrogens is 452 g/mol. The van der Waals surface area contributed by atoms with Crippen LogP contribution in [-0.4, -0.2) is 59.5 Å². The van der Waals surface area contributed by atoms with Crippen LogP contribution in [0.25, 0.3) is 11.8 Å². The molecule has 2 fully saturated rings. The van der Waals surface area contributed by atoms with Crippen LogP contribution in [0, 0.1) is 31.1 Å². The fraction of sp³-hybridized carbons (Fsp3) is 0.483. The van der Waals surface area contributed by atoms with Crippen molar-refractivity contribution in [1.82, 2.24) is 14.4 Å². The Morgan fingerprint density at radius 1 is 0.972 bits per heavy atom. The lowest BCUT2D eigenvalue weighted by atomic mass is 9.94. The Bertz CT molecular complexity index is 1160. The summed E-state index contributed by atoms with van der Waals surface area (Å²) in [5, 5.41) is 9.82. The van der Waals surface area contributed by atoms with Crippen LogP contribution in [0.15, 0.2) is 35.9 Å². The van der Waals surface area contributed by atoms with Gasteiger partial charge in [-0.05, 0) is 81.5 Å². The van der Waals surface area contributed by atoms with Gasteiger partial charge in [0.25, 0.3) is 5.91 Å². The van der Waals surface area contributed by atoms with E-state index in [0.29, 0.717) is 25.9 Å². The number of nitriles is 1. The van der Waals surface area contributed by atoms with Crippen LogP contribution in [0.5, 0.6) is 5.75 Å². The molecular formula is C29H36N4O3. The quantitative estimate of drug-likeness (QED) is 0.453. The average Bonchev–Trinajstić information content (AvgIpc) is 3.07. The summed E-state index contributed by atoms with van der Waals surface area (Å²) in [5.74, 6) is 0.749. The summed E-state index contributed by atoms with van der Waals surface area (Å²) in [7, 11) is 1.64. The molecule has 0 bridgehead atoms. The molecule has 4 rings (SSSR count). The van der Waals surface area contributed by atoms with Gasteiger partial charge in [-0.3, -0.25) is 9.59 Å². The molecule has 2 aromatic rings. The van der Waals surface area contributed by atoms with Crippen LogP contribution < -0.4 is 4.74 Å². The highest BCUT2D eigenvalue weighted by Gasteiger charge is 2.31. The standard InChI is InChI=1S/C29H36N4O3/c1-21-18-24(22(2)33(21)26-8-10-27(36-3)11-9-26)19-25(20-30)29(35)32-16-12-23(13-17-32)28(34)31-14-6-4-5-7-15-31/h8-11,18-19,23H,4-7,12-17H2,1-3H3/b25-19-. The van der Waals surface area contributed by atoms with E-state index in [1.54, 1.807) is 18.1 Å². The maximum atomic E-state index is 13.2. The first kappa shape index (κ1) is 25.6. The molecule has 2 amide bonds. The molecule has 0 spiro atoms. The summed E-state index contributed by atoms with van der Waals surface area (Å²) in [4.78, 5) is 30.0. The van der Waals surface area contributed by atoms with Crippen molar-refractivity contribution in [2.24, 2.45) is 5.92 Å². The molecule has 1 aromatic carbocycles. The highest BCUT2D eigenvalue weighted by Crippen LogP contribution is 2.26. The number of benzene rings is 1. The van der Waals surface area contributed by atoms with E-state index in [-0.39, 0.29) is 23.3 Å². The summed E-state index contributed by atoms with van der Waals surface area (Å²) >= 11 is 0. The van der Waals surface area contributed by atoms with Crippen LogP contribution >= 0.6 is 0 Å². The van der Waals surface area contributed by atoms with Crippen molar-refractivity contribution in [3.8, 4) is 17.5 Å². The van der Waals surface area contributed by atoms with Crippen LogP contribution in [0.1, 0.15) is 55.5 Å². The normalized spacial score (nSPS) is 17.4. The Morgan fingerprint density at radius 2 is 1.61 bits per heavy atom. The van der Waals surface area contributed by atoms with Crippen LogP contribution in [0.2, 0.25) is 0 Å². The fourth-order valence-electron chi connectivity index (χ4n) is 5.41. The van der Waals surface area contributed by atoms with Crippen molar-refractivity contribution in [1.29, 1.82) is 5.26 Å². The number of rotatable bonds is 5. The third-order valence-corrected chi connectivity index (χ3v) is 7.50. The average molecular weight is 489 g/mol. The SMILES string of the molecule is COc1ccc(-n2c(C)cc(/C=C(/C#N)C(=O)N3CCC(C(=O)N4CCCCCC4)CC3)c2C)cc1. The van der Waals surface area contributed by atoms with Crippen LogP contribution in [-0.2, 0) is 9.59 Å². The second-order valence-corrected chi connectivity index (χ2v) is 9.84. The number of hydrogen-bond acceptors (Lipinski definition) is 4. The van der Waals surface area contributed by atoms with Gasteiger partial charge in [0.15, 0.2) is 0 Å². The Morgan fingerprint density at radius 3 is 2.19 bits per heavy atom. The van der Waals surface area contributed by atoms with Gasteiger partial charge in [-0.1, -0.05) is 12.8 Å². The predicted octanol–water partition coefficient (Wildman–Crippen LogP) is 4.65. The van der Waals surface area contributed by atoms with Gasteiger partial charge in [0.05, 0.1) is 7.11 Å². The maximum Gasteiger partial charge on any atom is 0.264 e. The Balaban J connectivity index is 1.44. The van der Waals surface area contributed by atoms with E-state index in [4.69, 9.17) is 4.74 Å². The number of methoxy groups -OCH3 is 1. The van der Waals surface area contributed by atoms with Gasteiger partial charge < -0.3 is 19.1 Å². The zero-order valence-electron chi connectivity index (χ0n) is 21.6. The molecule has 0 unspecified atom stereocenters. The summed E-state index contributed by atoms with van der Waals surface area (Å²) in [6, 6.07) is 11.9. The third-order valence-electron chi connectivity index (χ3n) is 7.50. The number of hydrogen-bond donors (Lipinski definition) is 0. The molecule has 7 nitrogen and oxygen atoms in total. The number of piperidine rings is 1. The molecule has 0 N–H and O–H groups in total. The first-order chi connectivity index (χ1) is 17.4. The van der Waals surface area contributed by atoms with Crippen molar-refractivity contribution in [2.75, 3.05) is 33.3 Å². The number of carbonyl (C=O) groups excluding carboxylic acids is 2. The summed E-state index contributed by atoms with van der Waals surface area (Å²) < 4.78 is 7.36. The summed E-state index contributed by atoms with van der Waals surface area (Å²) in [5.41, 5.74) is 3.94. The Hall–Kier alpha value is -3.53. The van der Waals surface area contributed by atoms with E-state index in [1.807, 2.05) is 49.1 Å². The van der Waals surface area contributed by atoms with Gasteiger partial charge in [0.1, 0.15) is 17.4 Å². The number of carbonyl (C=O) groups is 2. The van der Waals surface area contributed by atoms with Gasteiger partial charge in [0.2, 0.25) is 5.91 Å². The van der Waals surface area contributed by atoms with Crippen LogP contribution in [0.3, 0.4) is 0 Å². The fourth-order valence-corrected chi connectivity index (χ4v) is 5.41. The molecule has 0 aliphatic carbocycles. The summed E-state index contributed by atoms with van der Waals surface area (Å²) in [6.07, 6.45) is 7.57. The highest BCUT2D eigenvalue weighted by molar-refractivity contribution is 6.02. The number of aromatic nitrogens is 1. The highest BCUT2D eigenvalue weighted by atomic mass is 16.5. The monoisotopic (exact) mass is 488 g/mol. The molecule has 3 heterocycles. The van der Waals surface area contributed by atoms with Gasteiger partial charge in [-0.25, -0.2) is 0 Å². The zero-order valence-corrected chi connectivity index (χ0v) is 21.6. The third kappa shape index (κ3) is 5.48. The molecule has 36 heavy (non-hydrogen) atoms. The first-order valence-corrected chi connectivity index (χ1v) is 13.0. The Kier molecular flexibility index (Phi) is 8.14. The molecule has 0 saturated carbocycles. The lowest BCUT2D eigenvalue weighted by molar-refractivity contribution is -0.139. The van der Waals surface area contributed by atoms with E-state index in [0.717, 1.165) is 54.3 Å². The Labute approximate surface area is 213 Å². The van der Waals surface area contributed by atoms with E-state index in [1.165, 1.54) is 12.8 Å². The molecule has 190 valence electrons. The maximum absolute atomic E-state index is 13.2. The number of nitrogens with zero attached hydrogens (tertiary/aromatic N) is 4. The lowest BCUT2D eigenvalue weighted by Crippen LogP contribution is -2.45. The molecule has 2 saturated heterocycles. The molecule has 1 aromatic heterocycles. The molecule has 2 aliphatic heterocycles. The van der Waals surface area contributed by atoms with Gasteiger partial charge >= 0.3 is 0 Å². The van der Waals surface area contributed by atoms with Gasteiger partial charge in [-0.15, -0.1) is 0 Å². The topological polar surface area (TPSA) is 78.6 Å². The number of ether oxygens (including phenoxy) is 1. The number of amides is 2.